The fraction of sp³-hybridized carbons (Fsp3) is 0.111. The van der Waals surface area contributed by atoms with Gasteiger partial charge in [-0.15, -0.1) is 0 Å². The highest BCUT2D eigenvalue weighted by Gasteiger charge is 2.33. The number of halogens is 1. The molecule has 0 radical (unpaired) electrons. The number of benzene rings is 2. The van der Waals surface area contributed by atoms with E-state index in [-0.39, 0.29) is 17.5 Å². The average Bonchev–Trinajstić information content (AvgIpc) is 2.85. The number of thiocarbonyl (C=S) groups is 1. The van der Waals surface area contributed by atoms with E-state index in [1.54, 1.807) is 18.2 Å². The minimum atomic E-state index is -0.380. The molecule has 1 heterocycles. The fourth-order valence-corrected chi connectivity index (χ4v) is 3.63. The Morgan fingerprint density at radius 2 is 2.00 bits per heavy atom. The van der Waals surface area contributed by atoms with Gasteiger partial charge in [0.2, 0.25) is 0 Å². The molecule has 2 aromatic carbocycles. The molecular formula is C18H14FNO3S2. The molecule has 25 heavy (non-hydrogen) atoms. The van der Waals surface area contributed by atoms with Crippen LogP contribution in [0.1, 0.15) is 12.5 Å². The van der Waals surface area contributed by atoms with E-state index in [0.29, 0.717) is 32.8 Å². The summed E-state index contributed by atoms with van der Waals surface area (Å²) in [4.78, 5) is 14.4. The molecule has 0 unspecified atom stereocenters. The van der Waals surface area contributed by atoms with Crippen molar-refractivity contribution in [3.63, 3.8) is 0 Å². The zero-order valence-electron chi connectivity index (χ0n) is 13.2. The smallest absolute Gasteiger partial charge is 0.270 e. The number of carbonyl (C=O) groups is 1. The van der Waals surface area contributed by atoms with Crippen LogP contribution in [-0.4, -0.2) is 21.9 Å². The third kappa shape index (κ3) is 3.67. The topological polar surface area (TPSA) is 49.8 Å². The lowest BCUT2D eigenvalue weighted by Gasteiger charge is -2.14. The van der Waals surface area contributed by atoms with Gasteiger partial charge in [0.05, 0.1) is 17.2 Å². The van der Waals surface area contributed by atoms with Crippen LogP contribution < -0.4 is 9.64 Å². The maximum Gasteiger partial charge on any atom is 0.270 e. The molecular weight excluding hydrogens is 361 g/mol. The van der Waals surface area contributed by atoms with Crippen molar-refractivity contribution in [3.8, 4) is 11.5 Å². The summed E-state index contributed by atoms with van der Waals surface area (Å²) in [6, 6.07) is 10.5. The lowest BCUT2D eigenvalue weighted by molar-refractivity contribution is -0.113. The first-order valence-electron chi connectivity index (χ1n) is 7.49. The number of hydrogen-bond acceptors (Lipinski definition) is 5. The molecule has 0 atom stereocenters. The number of ether oxygens (including phenoxy) is 1. The maximum atomic E-state index is 13.1. The highest BCUT2D eigenvalue weighted by molar-refractivity contribution is 8.27. The van der Waals surface area contributed by atoms with Crippen molar-refractivity contribution in [1.82, 2.24) is 0 Å². The largest absolute Gasteiger partial charge is 0.504 e. The van der Waals surface area contributed by atoms with E-state index in [1.807, 2.05) is 6.92 Å². The second-order valence-corrected chi connectivity index (χ2v) is 6.83. The van der Waals surface area contributed by atoms with E-state index in [2.05, 4.69) is 0 Å². The number of thioether (sulfide) groups is 1. The van der Waals surface area contributed by atoms with Crippen molar-refractivity contribution in [2.75, 3.05) is 11.5 Å². The van der Waals surface area contributed by atoms with Gasteiger partial charge in [0, 0.05) is 0 Å². The monoisotopic (exact) mass is 375 g/mol. The Morgan fingerprint density at radius 1 is 1.28 bits per heavy atom. The van der Waals surface area contributed by atoms with Crippen molar-refractivity contribution in [1.29, 1.82) is 0 Å². The first-order chi connectivity index (χ1) is 12.0. The molecule has 3 rings (SSSR count). The minimum absolute atomic E-state index is 0.00427. The van der Waals surface area contributed by atoms with Gasteiger partial charge in [-0.05, 0) is 55.0 Å². The number of rotatable bonds is 4. The molecule has 4 nitrogen and oxygen atoms in total. The summed E-state index contributed by atoms with van der Waals surface area (Å²) in [5, 5.41) is 9.95. The summed E-state index contributed by atoms with van der Waals surface area (Å²) in [6.07, 6.45) is 1.65. The predicted octanol–water partition coefficient (Wildman–Crippen LogP) is 4.34. The van der Waals surface area contributed by atoms with Crippen LogP contribution in [0.25, 0.3) is 6.08 Å². The molecule has 0 bridgehead atoms. The molecule has 2 aromatic rings. The van der Waals surface area contributed by atoms with Crippen LogP contribution in [0.15, 0.2) is 47.4 Å². The lowest BCUT2D eigenvalue weighted by Crippen LogP contribution is -2.27. The van der Waals surface area contributed by atoms with Crippen molar-refractivity contribution >= 4 is 46.0 Å². The van der Waals surface area contributed by atoms with Crippen LogP contribution in [-0.2, 0) is 4.79 Å². The number of phenols is 1. The first kappa shape index (κ1) is 17.4. The van der Waals surface area contributed by atoms with Crippen LogP contribution in [0.5, 0.6) is 11.5 Å². The quantitative estimate of drug-likeness (QED) is 0.636. The number of aromatic hydroxyl groups is 1. The van der Waals surface area contributed by atoms with E-state index in [0.717, 1.165) is 11.8 Å². The van der Waals surface area contributed by atoms with Gasteiger partial charge in [-0.2, -0.15) is 0 Å². The summed E-state index contributed by atoms with van der Waals surface area (Å²) in [7, 11) is 0. The van der Waals surface area contributed by atoms with Gasteiger partial charge < -0.3 is 9.84 Å². The molecule has 1 N–H and O–H groups in total. The highest BCUT2D eigenvalue weighted by atomic mass is 32.2. The Bertz CT molecular complexity index is 865. The van der Waals surface area contributed by atoms with Crippen molar-refractivity contribution in [2.24, 2.45) is 0 Å². The van der Waals surface area contributed by atoms with E-state index < -0.39 is 0 Å². The normalized spacial score (nSPS) is 15.9. The van der Waals surface area contributed by atoms with Gasteiger partial charge in [0.1, 0.15) is 5.82 Å². The second-order valence-electron chi connectivity index (χ2n) is 5.15. The second kappa shape index (κ2) is 7.25. The Balaban J connectivity index is 1.87. The Hall–Kier alpha value is -2.38. The third-order valence-corrected chi connectivity index (χ3v) is 4.76. The summed E-state index contributed by atoms with van der Waals surface area (Å²) in [5.41, 5.74) is 1.17. The Morgan fingerprint density at radius 3 is 2.64 bits per heavy atom. The molecule has 0 aliphatic carbocycles. The van der Waals surface area contributed by atoms with Crippen molar-refractivity contribution in [3.05, 3.63) is 58.8 Å². The molecule has 1 saturated heterocycles. The summed E-state index contributed by atoms with van der Waals surface area (Å²) in [6.45, 7) is 2.28. The summed E-state index contributed by atoms with van der Waals surface area (Å²) in [5.74, 6) is -0.271. The molecule has 0 aromatic heterocycles. The standard InChI is InChI=1S/C18H14FNO3S2/c1-2-23-15-8-3-11(9-14(15)21)10-16-17(22)20(18(24)25-16)13-6-4-12(19)5-7-13/h3-10,21H,2H2,1H3. The number of amides is 1. The van der Waals surface area contributed by atoms with Crippen molar-refractivity contribution in [2.45, 2.75) is 6.92 Å². The molecule has 1 aliphatic rings. The van der Waals surface area contributed by atoms with Gasteiger partial charge in [-0.3, -0.25) is 9.69 Å². The maximum absolute atomic E-state index is 13.1. The van der Waals surface area contributed by atoms with Crippen LogP contribution >= 0.6 is 24.0 Å². The summed E-state index contributed by atoms with van der Waals surface area (Å²) >= 11 is 6.43. The van der Waals surface area contributed by atoms with E-state index in [4.69, 9.17) is 17.0 Å². The van der Waals surface area contributed by atoms with E-state index in [9.17, 15) is 14.3 Å². The molecule has 1 amide bonds. The highest BCUT2D eigenvalue weighted by Crippen LogP contribution is 2.37. The van der Waals surface area contributed by atoms with Crippen LogP contribution in [0.3, 0.4) is 0 Å². The average molecular weight is 375 g/mol. The first-order valence-corrected chi connectivity index (χ1v) is 8.71. The van der Waals surface area contributed by atoms with E-state index in [1.165, 1.54) is 35.2 Å². The van der Waals surface area contributed by atoms with Gasteiger partial charge in [0.15, 0.2) is 15.8 Å². The molecule has 1 fully saturated rings. The summed E-state index contributed by atoms with van der Waals surface area (Å²) < 4.78 is 18.7. The Kier molecular flexibility index (Phi) is 5.06. The Labute approximate surface area is 153 Å². The number of carbonyl (C=O) groups excluding carboxylic acids is 1. The SMILES string of the molecule is CCOc1ccc(C=C2SC(=S)N(c3ccc(F)cc3)C2=O)cc1O. The zero-order valence-corrected chi connectivity index (χ0v) is 14.9. The predicted molar refractivity (Wildman–Crippen MR) is 101 cm³/mol. The van der Waals surface area contributed by atoms with Gasteiger partial charge >= 0.3 is 0 Å². The van der Waals surface area contributed by atoms with Crippen LogP contribution in [0.2, 0.25) is 0 Å². The molecule has 1 aliphatic heterocycles. The number of phenolic OH excluding ortho intramolecular Hbond substituents is 1. The van der Waals surface area contributed by atoms with Gasteiger partial charge in [-0.1, -0.05) is 30.0 Å². The number of anilines is 1. The van der Waals surface area contributed by atoms with Crippen LogP contribution in [0, 0.1) is 5.82 Å². The van der Waals surface area contributed by atoms with Gasteiger partial charge in [0.25, 0.3) is 5.91 Å². The van der Waals surface area contributed by atoms with Crippen molar-refractivity contribution < 1.29 is 19.0 Å². The molecule has 0 spiro atoms. The zero-order chi connectivity index (χ0) is 18.0. The third-order valence-electron chi connectivity index (χ3n) is 3.46. The number of hydrogen-bond donors (Lipinski definition) is 1. The van der Waals surface area contributed by atoms with Gasteiger partial charge in [-0.25, -0.2) is 4.39 Å². The lowest BCUT2D eigenvalue weighted by atomic mass is 10.2. The molecule has 0 saturated carbocycles. The molecule has 7 heteroatoms. The fourth-order valence-electron chi connectivity index (χ4n) is 2.33. The van der Waals surface area contributed by atoms with Crippen LogP contribution in [0.4, 0.5) is 10.1 Å². The number of nitrogens with zero attached hydrogens (tertiary/aromatic N) is 1. The minimum Gasteiger partial charge on any atom is -0.504 e. The van der Waals surface area contributed by atoms with E-state index >= 15 is 0 Å². The molecule has 128 valence electrons.